The van der Waals surface area contributed by atoms with Crippen molar-refractivity contribution in [3.05, 3.63) is 76.3 Å². The zero-order chi connectivity index (χ0) is 21.9. The smallest absolute Gasteiger partial charge is 0.280 e. The Morgan fingerprint density at radius 1 is 1.03 bits per heavy atom. The summed E-state index contributed by atoms with van der Waals surface area (Å²) in [5.74, 6) is -0.626. The van der Waals surface area contributed by atoms with Crippen molar-refractivity contribution >= 4 is 29.0 Å². The van der Waals surface area contributed by atoms with Crippen LogP contribution in [0.4, 0.5) is 5.69 Å². The van der Waals surface area contributed by atoms with Gasteiger partial charge in [-0.15, -0.1) is 5.10 Å². The predicted octanol–water partition coefficient (Wildman–Crippen LogP) is 4.46. The topological polar surface area (TPSA) is 75.2 Å². The minimum atomic E-state index is -0.861. The molecular weight excluding hydrogens is 396 g/mol. The van der Waals surface area contributed by atoms with Gasteiger partial charge in [0.15, 0.2) is 5.69 Å². The minimum Gasteiger partial charge on any atom is -0.349 e. The number of anilines is 1. The molecule has 0 radical (unpaired) electrons. The third kappa shape index (κ3) is 4.91. The second-order valence-corrected chi connectivity index (χ2v) is 8.91. The number of nitrogens with one attached hydrogen (secondary N) is 1. The summed E-state index contributed by atoms with van der Waals surface area (Å²) in [5.41, 5.74) is 3.10. The highest BCUT2D eigenvalue weighted by molar-refractivity contribution is 7.03. The lowest BCUT2D eigenvalue weighted by atomic mass is 9.99. The Balaban J connectivity index is 2.19. The van der Waals surface area contributed by atoms with Crippen LogP contribution < -0.4 is 10.2 Å². The zero-order valence-corrected chi connectivity index (χ0v) is 18.7. The van der Waals surface area contributed by atoms with Crippen molar-refractivity contribution in [3.8, 4) is 0 Å². The number of rotatable bonds is 5. The van der Waals surface area contributed by atoms with Crippen molar-refractivity contribution in [2.45, 2.75) is 46.2 Å². The SMILES string of the molecule is Cc1ccc(C(C(=O)NC(C)(C)C)N(C(=O)c2csnn2)c2ccccc2C)cc1. The maximum Gasteiger partial charge on any atom is 0.280 e. The van der Waals surface area contributed by atoms with E-state index in [1.807, 2.05) is 83.1 Å². The lowest BCUT2D eigenvalue weighted by molar-refractivity contribution is -0.123. The summed E-state index contributed by atoms with van der Waals surface area (Å²) in [6, 6.07) is 14.3. The predicted molar refractivity (Wildman–Crippen MR) is 120 cm³/mol. The summed E-state index contributed by atoms with van der Waals surface area (Å²) in [6.45, 7) is 9.66. The van der Waals surface area contributed by atoms with E-state index in [4.69, 9.17) is 0 Å². The summed E-state index contributed by atoms with van der Waals surface area (Å²) in [6.07, 6.45) is 0. The first kappa shape index (κ1) is 21.6. The van der Waals surface area contributed by atoms with E-state index in [1.54, 1.807) is 5.38 Å². The molecule has 0 aliphatic rings. The number of carbonyl (C=O) groups excluding carboxylic acids is 2. The molecule has 3 rings (SSSR count). The number of benzene rings is 2. The van der Waals surface area contributed by atoms with Crippen LogP contribution in [0.5, 0.6) is 0 Å². The maximum atomic E-state index is 13.6. The Labute approximate surface area is 181 Å². The van der Waals surface area contributed by atoms with Crippen LogP contribution in [-0.2, 0) is 4.79 Å². The molecule has 0 bridgehead atoms. The molecule has 0 saturated carbocycles. The molecule has 156 valence electrons. The van der Waals surface area contributed by atoms with Crippen LogP contribution in [0.25, 0.3) is 0 Å². The van der Waals surface area contributed by atoms with Gasteiger partial charge in [-0.25, -0.2) is 0 Å². The fourth-order valence-corrected chi connectivity index (χ4v) is 3.62. The van der Waals surface area contributed by atoms with E-state index in [0.29, 0.717) is 5.69 Å². The van der Waals surface area contributed by atoms with Crippen LogP contribution in [0.15, 0.2) is 53.9 Å². The number of aromatic nitrogens is 2. The van der Waals surface area contributed by atoms with Crippen LogP contribution in [0.3, 0.4) is 0 Å². The first-order valence-corrected chi connectivity index (χ1v) is 10.6. The van der Waals surface area contributed by atoms with Crippen LogP contribution in [0.2, 0.25) is 0 Å². The first-order chi connectivity index (χ1) is 14.2. The molecular formula is C23H26N4O2S. The van der Waals surface area contributed by atoms with Gasteiger partial charge in [0.1, 0.15) is 6.04 Å². The highest BCUT2D eigenvalue weighted by atomic mass is 32.1. The van der Waals surface area contributed by atoms with Crippen molar-refractivity contribution in [2.75, 3.05) is 4.90 Å². The number of hydrogen-bond donors (Lipinski definition) is 1. The van der Waals surface area contributed by atoms with Gasteiger partial charge in [0.25, 0.3) is 5.91 Å². The number of carbonyl (C=O) groups is 2. The highest BCUT2D eigenvalue weighted by Crippen LogP contribution is 2.32. The summed E-state index contributed by atoms with van der Waals surface area (Å²) < 4.78 is 3.83. The minimum absolute atomic E-state index is 0.212. The molecule has 3 aromatic rings. The van der Waals surface area contributed by atoms with Gasteiger partial charge in [-0.2, -0.15) is 0 Å². The maximum absolute atomic E-state index is 13.6. The third-order valence-corrected chi connectivity index (χ3v) is 5.08. The zero-order valence-electron chi connectivity index (χ0n) is 17.8. The van der Waals surface area contributed by atoms with Crippen LogP contribution in [0, 0.1) is 13.8 Å². The molecule has 1 atom stereocenters. The fraction of sp³-hybridized carbons (Fsp3) is 0.304. The molecule has 0 aliphatic heterocycles. The van der Waals surface area contributed by atoms with Gasteiger partial charge in [0, 0.05) is 16.6 Å². The van der Waals surface area contributed by atoms with Gasteiger partial charge in [-0.1, -0.05) is 52.5 Å². The quantitative estimate of drug-likeness (QED) is 0.659. The fourth-order valence-electron chi connectivity index (χ4n) is 3.19. The molecule has 0 spiro atoms. The molecule has 2 aromatic carbocycles. The average Bonchev–Trinajstić information content (AvgIpc) is 3.21. The number of para-hydroxylation sites is 1. The number of nitrogens with zero attached hydrogens (tertiary/aromatic N) is 3. The van der Waals surface area contributed by atoms with E-state index in [1.165, 1.54) is 4.90 Å². The summed E-state index contributed by atoms with van der Waals surface area (Å²) in [5, 5.41) is 8.60. The Morgan fingerprint density at radius 2 is 1.70 bits per heavy atom. The second kappa shape index (κ2) is 8.75. The highest BCUT2D eigenvalue weighted by Gasteiger charge is 2.36. The Hall–Kier alpha value is -3.06. The van der Waals surface area contributed by atoms with E-state index >= 15 is 0 Å². The van der Waals surface area contributed by atoms with Gasteiger partial charge in [0.05, 0.1) is 0 Å². The number of amides is 2. The number of hydrogen-bond acceptors (Lipinski definition) is 5. The molecule has 0 saturated heterocycles. The number of aryl methyl sites for hydroxylation is 2. The molecule has 30 heavy (non-hydrogen) atoms. The molecule has 1 heterocycles. The van der Waals surface area contributed by atoms with E-state index in [-0.39, 0.29) is 17.5 Å². The Bertz CT molecular complexity index is 1020. The summed E-state index contributed by atoms with van der Waals surface area (Å²) in [4.78, 5) is 28.6. The lowest BCUT2D eigenvalue weighted by Gasteiger charge is -2.34. The second-order valence-electron chi connectivity index (χ2n) is 8.30. The van der Waals surface area contributed by atoms with Crippen LogP contribution in [-0.4, -0.2) is 26.9 Å². The van der Waals surface area contributed by atoms with E-state index in [0.717, 1.165) is 28.2 Å². The standard InChI is InChI=1S/C23H26N4O2S/c1-15-10-12-17(13-11-15)20(21(28)24-23(3,4)5)27(19-9-7-6-8-16(19)2)22(29)18-14-30-26-25-18/h6-14,20H,1-5H3,(H,24,28). The van der Waals surface area contributed by atoms with Crippen molar-refractivity contribution in [1.82, 2.24) is 14.9 Å². The van der Waals surface area contributed by atoms with Gasteiger partial charge in [-0.05, 0) is 63.3 Å². The molecule has 7 heteroatoms. The molecule has 1 aromatic heterocycles. The van der Waals surface area contributed by atoms with E-state index in [2.05, 4.69) is 14.9 Å². The van der Waals surface area contributed by atoms with Crippen molar-refractivity contribution in [2.24, 2.45) is 0 Å². The van der Waals surface area contributed by atoms with Gasteiger partial charge < -0.3 is 5.32 Å². The molecule has 1 N–H and O–H groups in total. The lowest BCUT2D eigenvalue weighted by Crippen LogP contribution is -2.49. The van der Waals surface area contributed by atoms with E-state index < -0.39 is 11.6 Å². The van der Waals surface area contributed by atoms with Crippen LogP contribution >= 0.6 is 11.5 Å². The van der Waals surface area contributed by atoms with Gasteiger partial charge >= 0.3 is 0 Å². The largest absolute Gasteiger partial charge is 0.349 e. The van der Waals surface area contributed by atoms with Gasteiger partial charge in [-0.3, -0.25) is 14.5 Å². The molecule has 2 amide bonds. The van der Waals surface area contributed by atoms with Crippen LogP contribution in [0.1, 0.15) is 54.0 Å². The summed E-state index contributed by atoms with van der Waals surface area (Å²) >= 11 is 1.10. The molecule has 1 unspecified atom stereocenters. The average molecular weight is 423 g/mol. The first-order valence-electron chi connectivity index (χ1n) is 9.72. The molecule has 0 aliphatic carbocycles. The van der Waals surface area contributed by atoms with Gasteiger partial charge in [0.2, 0.25) is 5.91 Å². The van der Waals surface area contributed by atoms with Crippen molar-refractivity contribution in [3.63, 3.8) is 0 Å². The molecule has 0 fully saturated rings. The molecule has 6 nitrogen and oxygen atoms in total. The summed E-state index contributed by atoms with van der Waals surface area (Å²) in [7, 11) is 0. The van der Waals surface area contributed by atoms with E-state index in [9.17, 15) is 9.59 Å². The van der Waals surface area contributed by atoms with Crippen molar-refractivity contribution in [1.29, 1.82) is 0 Å². The third-order valence-electron chi connectivity index (χ3n) is 4.57. The van der Waals surface area contributed by atoms with Crippen molar-refractivity contribution < 1.29 is 9.59 Å². The monoisotopic (exact) mass is 422 g/mol. The normalized spacial score (nSPS) is 12.3. The Morgan fingerprint density at radius 3 is 2.27 bits per heavy atom. The Kier molecular flexibility index (Phi) is 6.31.